The van der Waals surface area contributed by atoms with Crippen molar-refractivity contribution in [3.05, 3.63) is 59.8 Å². The number of H-pyrrole nitrogens is 1. The van der Waals surface area contributed by atoms with E-state index in [1.807, 2.05) is 42.5 Å². The molecule has 0 amide bonds. The van der Waals surface area contributed by atoms with Crippen molar-refractivity contribution in [2.24, 2.45) is 0 Å². The molecule has 5 heteroatoms. The average Bonchev–Trinajstić information content (AvgIpc) is 2.99. The summed E-state index contributed by atoms with van der Waals surface area (Å²) in [5.41, 5.74) is 3.08. The van der Waals surface area contributed by atoms with E-state index in [-0.39, 0.29) is 6.04 Å². The Hall–Kier alpha value is -2.97. The van der Waals surface area contributed by atoms with E-state index in [9.17, 15) is 0 Å². The molecule has 2 heterocycles. The molecule has 3 aromatic rings. The third-order valence-electron chi connectivity index (χ3n) is 4.93. The standard InChI is InChI=1S/C22H23N3O2/c23-12-16-8-9-20-19(11-16)17(13-25-20)5-3-4-10-24-18-14-26-21-6-1-2-7-22(21)27-15-18/h1-2,6-9,11,13,18,24-25H,3-5,10,14-15H2. The highest BCUT2D eigenvalue weighted by atomic mass is 16.5. The van der Waals surface area contributed by atoms with E-state index >= 15 is 0 Å². The lowest BCUT2D eigenvalue weighted by atomic mass is 10.1. The topological polar surface area (TPSA) is 70.1 Å². The molecule has 1 aliphatic rings. The molecule has 138 valence electrons. The SMILES string of the molecule is N#Cc1ccc2[nH]cc(CCCCNC3COc4ccccc4OC3)c2c1. The van der Waals surface area contributed by atoms with Gasteiger partial charge in [-0.15, -0.1) is 0 Å². The lowest BCUT2D eigenvalue weighted by molar-refractivity contribution is 0.234. The maximum Gasteiger partial charge on any atom is 0.161 e. The second kappa shape index (κ2) is 8.15. The van der Waals surface area contributed by atoms with Gasteiger partial charge in [0.25, 0.3) is 0 Å². The minimum Gasteiger partial charge on any atom is -0.488 e. The molecular weight excluding hydrogens is 338 g/mol. The lowest BCUT2D eigenvalue weighted by Gasteiger charge is -2.15. The Balaban J connectivity index is 1.23. The van der Waals surface area contributed by atoms with Gasteiger partial charge in [-0.2, -0.15) is 5.26 Å². The van der Waals surface area contributed by atoms with Gasteiger partial charge in [-0.1, -0.05) is 12.1 Å². The highest BCUT2D eigenvalue weighted by Gasteiger charge is 2.17. The van der Waals surface area contributed by atoms with Crippen molar-refractivity contribution < 1.29 is 9.47 Å². The minimum absolute atomic E-state index is 0.198. The van der Waals surface area contributed by atoms with Crippen LogP contribution in [0.25, 0.3) is 10.9 Å². The molecule has 0 spiro atoms. The number of benzene rings is 2. The molecule has 2 N–H and O–H groups in total. The number of para-hydroxylation sites is 2. The van der Waals surface area contributed by atoms with Crippen LogP contribution in [0.1, 0.15) is 24.0 Å². The van der Waals surface area contributed by atoms with Crippen molar-refractivity contribution in [1.29, 1.82) is 5.26 Å². The number of aromatic nitrogens is 1. The molecule has 0 fully saturated rings. The summed E-state index contributed by atoms with van der Waals surface area (Å²) in [5, 5.41) is 13.8. The van der Waals surface area contributed by atoms with E-state index in [2.05, 4.69) is 22.6 Å². The molecule has 0 unspecified atom stereocenters. The molecule has 1 aliphatic heterocycles. The molecule has 0 radical (unpaired) electrons. The molecule has 5 nitrogen and oxygen atoms in total. The number of aryl methyl sites for hydroxylation is 1. The van der Waals surface area contributed by atoms with Crippen LogP contribution < -0.4 is 14.8 Å². The highest BCUT2D eigenvalue weighted by Crippen LogP contribution is 2.28. The van der Waals surface area contributed by atoms with Crippen LogP contribution in [0.2, 0.25) is 0 Å². The van der Waals surface area contributed by atoms with Crippen molar-refractivity contribution in [2.75, 3.05) is 19.8 Å². The van der Waals surface area contributed by atoms with Crippen molar-refractivity contribution in [3.63, 3.8) is 0 Å². The fraction of sp³-hybridized carbons (Fsp3) is 0.318. The third kappa shape index (κ3) is 4.07. The second-order valence-electron chi connectivity index (χ2n) is 6.86. The maximum atomic E-state index is 9.08. The van der Waals surface area contributed by atoms with Crippen molar-refractivity contribution in [3.8, 4) is 17.6 Å². The van der Waals surface area contributed by atoms with Crippen LogP contribution in [0.4, 0.5) is 0 Å². The second-order valence-corrected chi connectivity index (χ2v) is 6.86. The number of hydrogen-bond acceptors (Lipinski definition) is 4. The zero-order chi connectivity index (χ0) is 18.5. The van der Waals surface area contributed by atoms with E-state index in [1.54, 1.807) is 0 Å². The van der Waals surface area contributed by atoms with Crippen molar-refractivity contribution >= 4 is 10.9 Å². The molecule has 2 aromatic carbocycles. The Morgan fingerprint density at radius 1 is 1.07 bits per heavy atom. The highest BCUT2D eigenvalue weighted by molar-refractivity contribution is 5.84. The number of fused-ring (bicyclic) bond motifs is 2. The number of unbranched alkanes of at least 4 members (excludes halogenated alkanes) is 1. The minimum atomic E-state index is 0.198. The van der Waals surface area contributed by atoms with E-state index in [4.69, 9.17) is 14.7 Å². The number of nitriles is 1. The van der Waals surface area contributed by atoms with Gasteiger partial charge in [0.2, 0.25) is 0 Å². The summed E-state index contributed by atoms with van der Waals surface area (Å²) < 4.78 is 11.7. The van der Waals surface area contributed by atoms with Crippen LogP contribution >= 0.6 is 0 Å². The fourth-order valence-electron chi connectivity index (χ4n) is 3.44. The largest absolute Gasteiger partial charge is 0.488 e. The zero-order valence-electron chi connectivity index (χ0n) is 15.2. The average molecular weight is 361 g/mol. The normalized spacial score (nSPS) is 14.0. The molecule has 1 aromatic heterocycles. The number of ether oxygens (including phenoxy) is 2. The zero-order valence-corrected chi connectivity index (χ0v) is 15.2. The fourth-order valence-corrected chi connectivity index (χ4v) is 3.44. The number of aromatic amines is 1. The van der Waals surface area contributed by atoms with Crippen molar-refractivity contribution in [1.82, 2.24) is 10.3 Å². The van der Waals surface area contributed by atoms with Crippen LogP contribution in [-0.4, -0.2) is 30.8 Å². The summed E-state index contributed by atoms with van der Waals surface area (Å²) in [6.07, 6.45) is 5.22. The number of hydrogen-bond donors (Lipinski definition) is 2. The van der Waals surface area contributed by atoms with Crippen LogP contribution in [0, 0.1) is 11.3 Å². The predicted molar refractivity (Wildman–Crippen MR) is 105 cm³/mol. The molecule has 0 bridgehead atoms. The van der Waals surface area contributed by atoms with Crippen LogP contribution in [0.3, 0.4) is 0 Å². The summed E-state index contributed by atoms with van der Waals surface area (Å²) >= 11 is 0. The van der Waals surface area contributed by atoms with Crippen LogP contribution in [0.5, 0.6) is 11.5 Å². The summed E-state index contributed by atoms with van der Waals surface area (Å²) in [6, 6.07) is 16.0. The Kier molecular flexibility index (Phi) is 5.27. The van der Waals surface area contributed by atoms with Crippen LogP contribution in [0.15, 0.2) is 48.7 Å². The first-order chi connectivity index (χ1) is 13.3. The molecule has 0 atom stereocenters. The smallest absolute Gasteiger partial charge is 0.161 e. The van der Waals surface area contributed by atoms with E-state index in [1.165, 1.54) is 5.56 Å². The Morgan fingerprint density at radius 3 is 2.59 bits per heavy atom. The molecule has 4 rings (SSSR count). The number of rotatable bonds is 6. The van der Waals surface area contributed by atoms with E-state index in [0.717, 1.165) is 48.2 Å². The monoisotopic (exact) mass is 361 g/mol. The van der Waals surface area contributed by atoms with Gasteiger partial charge in [0, 0.05) is 17.1 Å². The summed E-state index contributed by atoms with van der Waals surface area (Å²) in [4.78, 5) is 3.29. The first kappa shape index (κ1) is 17.4. The van der Waals surface area contributed by atoms with Crippen molar-refractivity contribution in [2.45, 2.75) is 25.3 Å². The Morgan fingerprint density at radius 2 is 1.85 bits per heavy atom. The summed E-state index contributed by atoms with van der Waals surface area (Å²) in [6.45, 7) is 2.17. The summed E-state index contributed by atoms with van der Waals surface area (Å²) in [7, 11) is 0. The molecular formula is C22H23N3O2. The van der Waals surface area contributed by atoms with Gasteiger partial charge in [0.1, 0.15) is 13.2 Å². The Labute approximate surface area is 158 Å². The van der Waals surface area contributed by atoms with Gasteiger partial charge in [0.05, 0.1) is 17.7 Å². The Bertz CT molecular complexity index is 931. The lowest BCUT2D eigenvalue weighted by Crippen LogP contribution is -2.39. The van der Waals surface area contributed by atoms with E-state index < -0.39 is 0 Å². The van der Waals surface area contributed by atoms with Gasteiger partial charge in [-0.3, -0.25) is 0 Å². The maximum absolute atomic E-state index is 9.08. The van der Waals surface area contributed by atoms with Gasteiger partial charge in [-0.25, -0.2) is 0 Å². The van der Waals surface area contributed by atoms with E-state index in [0.29, 0.717) is 18.8 Å². The summed E-state index contributed by atoms with van der Waals surface area (Å²) in [5.74, 6) is 1.63. The molecule has 27 heavy (non-hydrogen) atoms. The number of nitrogens with one attached hydrogen (secondary N) is 2. The molecule has 0 saturated carbocycles. The van der Waals surface area contributed by atoms with Crippen LogP contribution in [-0.2, 0) is 6.42 Å². The predicted octanol–water partition coefficient (Wildman–Crippen LogP) is 3.79. The number of nitrogens with zero attached hydrogens (tertiary/aromatic N) is 1. The first-order valence-electron chi connectivity index (χ1n) is 9.41. The van der Waals surface area contributed by atoms with Gasteiger partial charge in [0.15, 0.2) is 11.5 Å². The van der Waals surface area contributed by atoms with Gasteiger partial charge in [-0.05, 0) is 61.7 Å². The quantitative estimate of drug-likeness (QED) is 0.655. The molecule has 0 aliphatic carbocycles. The first-order valence-corrected chi connectivity index (χ1v) is 9.41. The molecule has 0 saturated heterocycles. The third-order valence-corrected chi connectivity index (χ3v) is 4.93. The van der Waals surface area contributed by atoms with Gasteiger partial charge < -0.3 is 19.8 Å². The van der Waals surface area contributed by atoms with Gasteiger partial charge >= 0.3 is 0 Å².